The zero-order valence-electron chi connectivity index (χ0n) is 9.59. The van der Waals surface area contributed by atoms with E-state index in [4.69, 9.17) is 46.4 Å². The molecule has 0 atom stereocenters. The van der Waals surface area contributed by atoms with Crippen molar-refractivity contribution in [2.75, 3.05) is 0 Å². The number of hydrogen-bond donors (Lipinski definition) is 0. The molecule has 0 aromatic heterocycles. The summed E-state index contributed by atoms with van der Waals surface area (Å²) in [6.07, 6.45) is 0.100. The van der Waals surface area contributed by atoms with Gasteiger partial charge in [-0.25, -0.2) is 0 Å². The molecule has 0 unspecified atom stereocenters. The molecule has 0 N–H and O–H groups in total. The van der Waals surface area contributed by atoms with Gasteiger partial charge in [0.05, 0.1) is 15.6 Å². The number of carbonyl (C=O) groups excluding carboxylic acids is 1. The summed E-state index contributed by atoms with van der Waals surface area (Å²) in [6.45, 7) is 0. The monoisotopic (exact) mass is 332 g/mol. The first-order valence-corrected chi connectivity index (χ1v) is 6.91. The van der Waals surface area contributed by atoms with Crippen LogP contribution < -0.4 is 0 Å². The van der Waals surface area contributed by atoms with Crippen LogP contribution in [0.4, 0.5) is 0 Å². The SMILES string of the molecule is O=C(Cc1cc(Cl)ccc1Cl)c1c(Cl)cccc1Cl. The molecule has 2 rings (SSSR count). The van der Waals surface area contributed by atoms with E-state index in [9.17, 15) is 4.79 Å². The van der Waals surface area contributed by atoms with E-state index in [0.717, 1.165) is 0 Å². The molecule has 0 saturated heterocycles. The summed E-state index contributed by atoms with van der Waals surface area (Å²) >= 11 is 23.9. The highest BCUT2D eigenvalue weighted by atomic mass is 35.5. The lowest BCUT2D eigenvalue weighted by atomic mass is 10.0. The topological polar surface area (TPSA) is 17.1 Å². The molecule has 0 fully saturated rings. The molecule has 2 aromatic carbocycles. The quantitative estimate of drug-likeness (QED) is 0.656. The molecule has 98 valence electrons. The van der Waals surface area contributed by atoms with Gasteiger partial charge in [0.15, 0.2) is 5.78 Å². The van der Waals surface area contributed by atoms with E-state index in [1.807, 2.05) is 0 Å². The van der Waals surface area contributed by atoms with Crippen molar-refractivity contribution in [2.45, 2.75) is 6.42 Å². The number of rotatable bonds is 3. The van der Waals surface area contributed by atoms with Crippen molar-refractivity contribution >= 4 is 52.2 Å². The minimum Gasteiger partial charge on any atom is -0.294 e. The van der Waals surface area contributed by atoms with Gasteiger partial charge in [0.25, 0.3) is 0 Å². The third kappa shape index (κ3) is 3.43. The molecule has 2 aromatic rings. The molecule has 19 heavy (non-hydrogen) atoms. The second-order valence-electron chi connectivity index (χ2n) is 3.93. The summed E-state index contributed by atoms with van der Waals surface area (Å²) < 4.78 is 0. The first-order valence-electron chi connectivity index (χ1n) is 5.40. The van der Waals surface area contributed by atoms with E-state index in [1.165, 1.54) is 0 Å². The summed E-state index contributed by atoms with van der Waals surface area (Å²) in [5, 5.41) is 1.67. The molecule has 1 nitrogen and oxygen atoms in total. The molecule has 0 heterocycles. The fourth-order valence-corrected chi connectivity index (χ4v) is 2.69. The average molecular weight is 334 g/mol. The van der Waals surface area contributed by atoms with Crippen LogP contribution in [0.5, 0.6) is 0 Å². The number of ketones is 1. The van der Waals surface area contributed by atoms with Crippen LogP contribution in [0.3, 0.4) is 0 Å². The largest absolute Gasteiger partial charge is 0.294 e. The van der Waals surface area contributed by atoms with Gasteiger partial charge in [-0.05, 0) is 35.9 Å². The lowest BCUT2D eigenvalue weighted by Gasteiger charge is -2.07. The van der Waals surface area contributed by atoms with E-state index in [2.05, 4.69) is 0 Å². The molecule has 0 saturated carbocycles. The van der Waals surface area contributed by atoms with Crippen LogP contribution in [0.2, 0.25) is 20.1 Å². The highest BCUT2D eigenvalue weighted by molar-refractivity contribution is 6.40. The standard InChI is InChI=1S/C14H8Cl4O/c15-9-4-5-10(16)8(6-9)7-13(19)14-11(17)2-1-3-12(14)18/h1-6H,7H2. The van der Waals surface area contributed by atoms with E-state index in [-0.39, 0.29) is 12.2 Å². The Bertz CT molecular complexity index is 617. The second kappa shape index (κ2) is 6.15. The first kappa shape index (κ1) is 14.7. The number of halogens is 4. The van der Waals surface area contributed by atoms with Crippen molar-refractivity contribution in [3.05, 3.63) is 67.6 Å². The Morgan fingerprint density at radius 2 is 1.53 bits per heavy atom. The Kier molecular flexibility index (Phi) is 4.75. The number of Topliss-reactive ketones (excluding diaryl/α,β-unsaturated/α-hetero) is 1. The number of benzene rings is 2. The van der Waals surface area contributed by atoms with Crippen molar-refractivity contribution in [3.63, 3.8) is 0 Å². The van der Waals surface area contributed by atoms with Crippen molar-refractivity contribution in [1.82, 2.24) is 0 Å². The van der Waals surface area contributed by atoms with Crippen molar-refractivity contribution in [2.24, 2.45) is 0 Å². The van der Waals surface area contributed by atoms with Crippen LogP contribution in [0, 0.1) is 0 Å². The molecule has 5 heteroatoms. The lowest BCUT2D eigenvalue weighted by molar-refractivity contribution is 0.0993. The van der Waals surface area contributed by atoms with E-state index >= 15 is 0 Å². The Morgan fingerprint density at radius 3 is 2.16 bits per heavy atom. The van der Waals surface area contributed by atoms with Gasteiger partial charge in [-0.15, -0.1) is 0 Å². The summed E-state index contributed by atoms with van der Waals surface area (Å²) in [5.41, 5.74) is 0.956. The fourth-order valence-electron chi connectivity index (χ4n) is 1.70. The van der Waals surface area contributed by atoms with Gasteiger partial charge in [-0.3, -0.25) is 4.79 Å². The molecule has 0 amide bonds. The summed E-state index contributed by atoms with van der Waals surface area (Å²) in [4.78, 5) is 12.2. The van der Waals surface area contributed by atoms with Crippen molar-refractivity contribution in [3.8, 4) is 0 Å². The normalized spacial score (nSPS) is 10.5. The van der Waals surface area contributed by atoms with Crippen molar-refractivity contribution < 1.29 is 4.79 Å². The maximum absolute atomic E-state index is 12.2. The van der Waals surface area contributed by atoms with E-state index in [0.29, 0.717) is 31.2 Å². The van der Waals surface area contributed by atoms with Gasteiger partial charge in [-0.1, -0.05) is 52.5 Å². The van der Waals surface area contributed by atoms with Gasteiger partial charge in [0.1, 0.15) is 0 Å². The predicted molar refractivity (Wildman–Crippen MR) is 81.0 cm³/mol. The van der Waals surface area contributed by atoms with Crippen LogP contribution >= 0.6 is 46.4 Å². The van der Waals surface area contributed by atoms with Gasteiger partial charge >= 0.3 is 0 Å². The molecule has 0 radical (unpaired) electrons. The van der Waals surface area contributed by atoms with Gasteiger partial charge < -0.3 is 0 Å². The second-order valence-corrected chi connectivity index (χ2v) is 5.59. The lowest BCUT2D eigenvalue weighted by Crippen LogP contribution is -2.05. The van der Waals surface area contributed by atoms with Crippen molar-refractivity contribution in [1.29, 1.82) is 0 Å². The van der Waals surface area contributed by atoms with E-state index in [1.54, 1.807) is 36.4 Å². The predicted octanol–water partition coefficient (Wildman–Crippen LogP) is 5.73. The third-order valence-corrected chi connectivity index (χ3v) is 3.83. The van der Waals surface area contributed by atoms with Crippen LogP contribution in [-0.2, 0) is 6.42 Å². The highest BCUT2D eigenvalue weighted by Crippen LogP contribution is 2.28. The molecular weight excluding hydrogens is 326 g/mol. The molecule has 0 aliphatic rings. The van der Waals surface area contributed by atoms with Crippen LogP contribution in [0.1, 0.15) is 15.9 Å². The zero-order chi connectivity index (χ0) is 14.0. The smallest absolute Gasteiger partial charge is 0.170 e. The number of hydrogen-bond acceptors (Lipinski definition) is 1. The minimum absolute atomic E-state index is 0.100. The Labute approximate surface area is 131 Å². The highest BCUT2D eigenvalue weighted by Gasteiger charge is 2.16. The molecule has 0 bridgehead atoms. The summed E-state index contributed by atoms with van der Waals surface area (Å²) in [5.74, 6) is -0.195. The third-order valence-electron chi connectivity index (χ3n) is 2.60. The van der Waals surface area contributed by atoms with Gasteiger partial charge in [-0.2, -0.15) is 0 Å². The minimum atomic E-state index is -0.195. The van der Waals surface area contributed by atoms with Crippen LogP contribution in [-0.4, -0.2) is 5.78 Å². The average Bonchev–Trinajstić information content (AvgIpc) is 2.33. The maximum Gasteiger partial charge on any atom is 0.170 e. The van der Waals surface area contributed by atoms with Crippen LogP contribution in [0.25, 0.3) is 0 Å². The Morgan fingerprint density at radius 1 is 0.895 bits per heavy atom. The zero-order valence-corrected chi connectivity index (χ0v) is 12.6. The summed E-state index contributed by atoms with van der Waals surface area (Å²) in [6, 6.07) is 9.92. The molecule has 0 aliphatic heterocycles. The fraction of sp³-hybridized carbons (Fsp3) is 0.0714. The van der Waals surface area contributed by atoms with Gasteiger partial charge in [0, 0.05) is 16.5 Å². The first-order chi connectivity index (χ1) is 8.99. The Hall–Kier alpha value is -0.730. The van der Waals surface area contributed by atoms with Gasteiger partial charge in [0.2, 0.25) is 0 Å². The van der Waals surface area contributed by atoms with Crippen LogP contribution in [0.15, 0.2) is 36.4 Å². The number of carbonyl (C=O) groups is 1. The maximum atomic E-state index is 12.2. The Balaban J connectivity index is 2.34. The molecule has 0 spiro atoms. The summed E-state index contributed by atoms with van der Waals surface area (Å²) in [7, 11) is 0. The molecule has 0 aliphatic carbocycles. The van der Waals surface area contributed by atoms with E-state index < -0.39 is 0 Å². The molecular formula is C14H8Cl4O.